The Kier molecular flexibility index (Phi) is 4.01. The summed E-state index contributed by atoms with van der Waals surface area (Å²) in [6, 6.07) is 1.71. The predicted octanol–water partition coefficient (Wildman–Crippen LogP) is 1.71. The zero-order valence-corrected chi connectivity index (χ0v) is 14.4. The van der Waals surface area contributed by atoms with Crippen LogP contribution in [0.2, 0.25) is 0 Å². The molecule has 4 rings (SSSR count). The number of hydrogen-bond acceptors (Lipinski definition) is 2. The van der Waals surface area contributed by atoms with Crippen molar-refractivity contribution in [3.63, 3.8) is 0 Å². The van der Waals surface area contributed by atoms with Gasteiger partial charge in [-0.25, -0.2) is 8.78 Å². The van der Waals surface area contributed by atoms with E-state index >= 15 is 0 Å². The number of nitrogens with zero attached hydrogens (tertiary/aromatic N) is 2. The van der Waals surface area contributed by atoms with E-state index in [2.05, 4.69) is 15.4 Å². The molecule has 0 saturated heterocycles. The van der Waals surface area contributed by atoms with Crippen LogP contribution in [0.15, 0.2) is 30.1 Å². The number of fused-ring (bicyclic) bond motifs is 1. The van der Waals surface area contributed by atoms with Crippen LogP contribution in [0, 0.1) is 0 Å². The number of carbonyl (C=O) groups excluding carboxylic acids is 1. The Morgan fingerprint density at radius 3 is 2.81 bits per heavy atom. The van der Waals surface area contributed by atoms with Crippen molar-refractivity contribution in [1.29, 1.82) is 0 Å². The molecule has 0 bridgehead atoms. The van der Waals surface area contributed by atoms with Crippen molar-refractivity contribution >= 4 is 18.1 Å². The number of nitrogens with one attached hydrogen (secondary N) is 2. The lowest BCUT2D eigenvalue weighted by Crippen LogP contribution is -2.50. The fourth-order valence-electron chi connectivity index (χ4n) is 3.53. The number of carbonyl (C=O) groups is 1. The lowest BCUT2D eigenvalue weighted by atomic mass is 9.73. The van der Waals surface area contributed by atoms with Crippen LogP contribution in [-0.4, -0.2) is 27.1 Å². The average Bonchev–Trinajstić information content (AvgIpc) is 3.12. The molecule has 0 spiro atoms. The van der Waals surface area contributed by atoms with Crippen molar-refractivity contribution < 1.29 is 13.6 Å². The van der Waals surface area contributed by atoms with E-state index in [0.29, 0.717) is 11.0 Å². The highest BCUT2D eigenvalue weighted by molar-refractivity contribution is 5.93. The minimum absolute atomic E-state index is 0.0746. The Morgan fingerprint density at radius 2 is 2.19 bits per heavy atom. The van der Waals surface area contributed by atoms with Crippen molar-refractivity contribution in [1.82, 2.24) is 20.1 Å². The predicted molar refractivity (Wildman–Crippen MR) is 93.9 cm³/mol. The Hall–Kier alpha value is -2.70. The largest absolute Gasteiger partial charge is 0.351 e. The van der Waals surface area contributed by atoms with Gasteiger partial charge in [0.05, 0.1) is 11.7 Å². The van der Waals surface area contributed by atoms with Crippen LogP contribution in [0.4, 0.5) is 8.78 Å². The van der Waals surface area contributed by atoms with Gasteiger partial charge in [0.25, 0.3) is 12.3 Å². The SMILES string of the molecule is Cn1cc(C2(NC(=O)c3cc4c([nH]3)=CCC(C(F)F)=CC=4)CCC2)cn1. The first-order chi connectivity index (χ1) is 12.5. The number of amides is 1. The second-order valence-electron chi connectivity index (χ2n) is 6.96. The Labute approximate surface area is 149 Å². The van der Waals surface area contributed by atoms with Gasteiger partial charge in [0.15, 0.2) is 0 Å². The lowest BCUT2D eigenvalue weighted by Gasteiger charge is -2.41. The summed E-state index contributed by atoms with van der Waals surface area (Å²) in [6.07, 6.45) is 9.01. The molecule has 2 aliphatic carbocycles. The lowest BCUT2D eigenvalue weighted by molar-refractivity contribution is 0.0818. The molecule has 5 nitrogen and oxygen atoms in total. The monoisotopic (exact) mass is 358 g/mol. The molecule has 0 atom stereocenters. The normalized spacial score (nSPS) is 18.1. The highest BCUT2D eigenvalue weighted by Crippen LogP contribution is 2.41. The highest BCUT2D eigenvalue weighted by Gasteiger charge is 2.41. The van der Waals surface area contributed by atoms with Gasteiger partial charge in [-0.05, 0) is 42.5 Å². The van der Waals surface area contributed by atoms with Crippen molar-refractivity contribution in [3.05, 3.63) is 51.9 Å². The van der Waals surface area contributed by atoms with Crippen molar-refractivity contribution in [2.24, 2.45) is 7.05 Å². The minimum atomic E-state index is -2.47. The Morgan fingerprint density at radius 1 is 1.38 bits per heavy atom. The van der Waals surface area contributed by atoms with Crippen LogP contribution < -0.4 is 15.9 Å². The zero-order chi connectivity index (χ0) is 18.3. The van der Waals surface area contributed by atoms with Crippen molar-refractivity contribution in [2.75, 3.05) is 0 Å². The molecule has 1 amide bonds. The molecule has 2 aliphatic rings. The number of aromatic amines is 1. The van der Waals surface area contributed by atoms with Crippen LogP contribution in [0.25, 0.3) is 12.2 Å². The van der Waals surface area contributed by atoms with Crippen LogP contribution in [0.5, 0.6) is 0 Å². The van der Waals surface area contributed by atoms with Gasteiger partial charge >= 0.3 is 0 Å². The summed E-state index contributed by atoms with van der Waals surface area (Å²) < 4.78 is 27.4. The molecule has 2 N–H and O–H groups in total. The van der Waals surface area contributed by atoms with Crippen LogP contribution >= 0.6 is 0 Å². The summed E-state index contributed by atoms with van der Waals surface area (Å²) in [6.45, 7) is 0. The van der Waals surface area contributed by atoms with Crippen LogP contribution in [0.1, 0.15) is 41.7 Å². The van der Waals surface area contributed by atoms with Gasteiger partial charge in [0, 0.05) is 24.2 Å². The van der Waals surface area contributed by atoms with Gasteiger partial charge in [-0.2, -0.15) is 5.10 Å². The highest BCUT2D eigenvalue weighted by atomic mass is 19.3. The molecule has 2 aromatic rings. The third-order valence-electron chi connectivity index (χ3n) is 5.24. The van der Waals surface area contributed by atoms with E-state index in [1.165, 1.54) is 6.08 Å². The molecule has 2 aromatic heterocycles. The molecule has 0 aromatic carbocycles. The molecule has 7 heteroatoms. The van der Waals surface area contributed by atoms with Crippen molar-refractivity contribution in [2.45, 2.75) is 37.6 Å². The van der Waals surface area contributed by atoms with Gasteiger partial charge in [0.1, 0.15) is 5.69 Å². The van der Waals surface area contributed by atoms with E-state index < -0.39 is 6.43 Å². The van der Waals surface area contributed by atoms with E-state index in [4.69, 9.17) is 0 Å². The average molecular weight is 358 g/mol. The van der Waals surface area contributed by atoms with E-state index in [0.717, 1.165) is 30.0 Å². The fraction of sp³-hybridized carbons (Fsp3) is 0.368. The second kappa shape index (κ2) is 6.23. The summed E-state index contributed by atoms with van der Waals surface area (Å²) in [4.78, 5) is 15.8. The van der Waals surface area contributed by atoms with E-state index in [1.807, 2.05) is 13.2 Å². The molecule has 2 heterocycles. The number of H-pyrrole nitrogens is 1. The summed E-state index contributed by atoms with van der Waals surface area (Å²) in [5.41, 5.74) is 1.15. The first-order valence-corrected chi connectivity index (χ1v) is 8.67. The topological polar surface area (TPSA) is 62.7 Å². The summed E-state index contributed by atoms with van der Waals surface area (Å²) in [7, 11) is 1.85. The quantitative estimate of drug-likeness (QED) is 0.874. The van der Waals surface area contributed by atoms with Gasteiger partial charge in [-0.1, -0.05) is 18.2 Å². The number of alkyl halides is 2. The number of halogens is 2. The van der Waals surface area contributed by atoms with E-state index in [9.17, 15) is 13.6 Å². The summed E-state index contributed by atoms with van der Waals surface area (Å²) in [5.74, 6) is -0.193. The maximum absolute atomic E-state index is 12.8. The van der Waals surface area contributed by atoms with Gasteiger partial charge in [0.2, 0.25) is 0 Å². The minimum Gasteiger partial charge on any atom is -0.351 e. The molecule has 136 valence electrons. The third kappa shape index (κ3) is 2.87. The Balaban J connectivity index is 1.60. The Bertz CT molecular complexity index is 995. The zero-order valence-electron chi connectivity index (χ0n) is 14.4. The molecular weight excluding hydrogens is 338 g/mol. The summed E-state index contributed by atoms with van der Waals surface area (Å²) >= 11 is 0. The van der Waals surface area contributed by atoms with Gasteiger partial charge < -0.3 is 10.3 Å². The number of allylic oxidation sites excluding steroid dienone is 2. The van der Waals surface area contributed by atoms with Gasteiger partial charge in [-0.15, -0.1) is 0 Å². The molecule has 0 aliphatic heterocycles. The van der Waals surface area contributed by atoms with Crippen LogP contribution in [0.3, 0.4) is 0 Å². The molecule has 0 radical (unpaired) electrons. The second-order valence-corrected chi connectivity index (χ2v) is 6.96. The standard InChI is InChI=1S/C19H20F2N4O/c1-25-11-14(10-22-25)19(7-2-8-19)24-18(26)16-9-13-4-3-12(17(20)21)5-6-15(13)23-16/h3-4,6,9-11,17,23H,2,5,7-8H2,1H3,(H,24,26). The van der Waals surface area contributed by atoms with Gasteiger partial charge in [-0.3, -0.25) is 9.48 Å². The molecule has 1 fully saturated rings. The molecular formula is C19H20F2N4O. The smallest absolute Gasteiger partial charge is 0.268 e. The molecule has 0 unspecified atom stereocenters. The number of aromatic nitrogens is 3. The maximum Gasteiger partial charge on any atom is 0.268 e. The first-order valence-electron chi connectivity index (χ1n) is 8.67. The molecule has 1 saturated carbocycles. The van der Waals surface area contributed by atoms with Crippen molar-refractivity contribution in [3.8, 4) is 0 Å². The maximum atomic E-state index is 12.8. The summed E-state index contributed by atoms with van der Waals surface area (Å²) in [5, 5.41) is 8.80. The van der Waals surface area contributed by atoms with E-state index in [-0.39, 0.29) is 23.4 Å². The number of aryl methyl sites for hydroxylation is 1. The molecule has 26 heavy (non-hydrogen) atoms. The number of hydrogen-bond donors (Lipinski definition) is 2. The number of rotatable bonds is 4. The van der Waals surface area contributed by atoms with E-state index in [1.54, 1.807) is 29.1 Å². The van der Waals surface area contributed by atoms with Crippen LogP contribution in [-0.2, 0) is 12.6 Å². The third-order valence-corrected chi connectivity index (χ3v) is 5.24. The fourth-order valence-corrected chi connectivity index (χ4v) is 3.53. The first kappa shape index (κ1) is 16.8.